The van der Waals surface area contributed by atoms with Crippen molar-refractivity contribution in [3.8, 4) is 5.88 Å². The summed E-state index contributed by atoms with van der Waals surface area (Å²) in [6.07, 6.45) is 2.24. The lowest BCUT2D eigenvalue weighted by Gasteiger charge is -2.20. The molecular weight excluding hydrogens is 322 g/mol. The van der Waals surface area contributed by atoms with E-state index in [1.165, 1.54) is 6.33 Å². The van der Waals surface area contributed by atoms with E-state index in [1.54, 1.807) is 9.70 Å². The van der Waals surface area contributed by atoms with Gasteiger partial charge in [0.15, 0.2) is 0 Å². The van der Waals surface area contributed by atoms with Crippen molar-refractivity contribution in [3.63, 3.8) is 0 Å². The van der Waals surface area contributed by atoms with E-state index in [2.05, 4.69) is 27.1 Å². The van der Waals surface area contributed by atoms with Crippen molar-refractivity contribution in [1.29, 1.82) is 0 Å². The van der Waals surface area contributed by atoms with Gasteiger partial charge in [0.25, 0.3) is 5.91 Å². The minimum Gasteiger partial charge on any atom is -0.475 e. The van der Waals surface area contributed by atoms with Crippen molar-refractivity contribution < 1.29 is 9.53 Å². The number of hydrogen-bond donors (Lipinski definition) is 1. The summed E-state index contributed by atoms with van der Waals surface area (Å²) >= 11 is 0. The molecule has 25 heavy (non-hydrogen) atoms. The van der Waals surface area contributed by atoms with Crippen molar-refractivity contribution in [2.75, 3.05) is 23.8 Å². The Labute approximate surface area is 143 Å². The third-order valence-corrected chi connectivity index (χ3v) is 4.00. The Kier molecular flexibility index (Phi) is 3.68. The van der Waals surface area contributed by atoms with Gasteiger partial charge in [0.05, 0.1) is 13.1 Å². The van der Waals surface area contributed by atoms with E-state index in [4.69, 9.17) is 10.5 Å². The van der Waals surface area contributed by atoms with Gasteiger partial charge in [0.1, 0.15) is 35.3 Å². The molecule has 0 saturated carbocycles. The number of aryl methyl sites for hydroxylation is 1. The molecule has 0 unspecified atom stereocenters. The van der Waals surface area contributed by atoms with E-state index in [1.807, 2.05) is 18.2 Å². The number of ether oxygens (including phenoxy) is 1. The average molecular weight is 339 g/mol. The number of carbonyl (C=O) groups excluding carboxylic acids is 1. The maximum Gasteiger partial charge on any atom is 0.267 e. The van der Waals surface area contributed by atoms with Crippen LogP contribution >= 0.6 is 0 Å². The quantitative estimate of drug-likeness (QED) is 0.764. The van der Waals surface area contributed by atoms with Crippen LogP contribution in [-0.4, -0.2) is 44.0 Å². The second-order valence-electron chi connectivity index (χ2n) is 5.71. The lowest BCUT2D eigenvalue weighted by molar-refractivity contribution is 0.0990. The predicted octanol–water partition coefficient (Wildman–Crippen LogP) is 1.25. The zero-order valence-corrected chi connectivity index (χ0v) is 13.7. The second-order valence-corrected chi connectivity index (χ2v) is 5.71. The lowest BCUT2D eigenvalue weighted by Crippen LogP contribution is -2.32. The van der Waals surface area contributed by atoms with Crippen molar-refractivity contribution in [2.24, 2.45) is 0 Å². The van der Waals surface area contributed by atoms with E-state index in [-0.39, 0.29) is 23.2 Å². The number of nitrogen functional groups attached to an aromatic ring is 1. The maximum atomic E-state index is 12.9. The Balaban J connectivity index is 1.74. The molecule has 0 saturated heterocycles. The second kappa shape index (κ2) is 6.00. The highest BCUT2D eigenvalue weighted by Gasteiger charge is 2.28. The number of rotatable bonds is 3. The molecule has 1 aliphatic heterocycles. The third-order valence-electron chi connectivity index (χ3n) is 4.00. The van der Waals surface area contributed by atoms with Gasteiger partial charge in [0, 0.05) is 5.69 Å². The summed E-state index contributed by atoms with van der Waals surface area (Å²) < 4.78 is 5.55. The molecule has 1 amide bonds. The summed E-state index contributed by atoms with van der Waals surface area (Å²) in [6.45, 7) is 3.51. The van der Waals surface area contributed by atoms with E-state index in [0.717, 1.165) is 24.0 Å². The number of fused-ring (bicyclic) bond motifs is 2. The lowest BCUT2D eigenvalue weighted by atomic mass is 10.2. The molecule has 2 N–H and O–H groups in total. The van der Waals surface area contributed by atoms with Crippen LogP contribution in [0.1, 0.15) is 23.7 Å². The van der Waals surface area contributed by atoms with Crippen molar-refractivity contribution in [1.82, 2.24) is 25.0 Å². The fourth-order valence-corrected chi connectivity index (χ4v) is 2.82. The van der Waals surface area contributed by atoms with Gasteiger partial charge in [-0.1, -0.05) is 6.92 Å². The van der Waals surface area contributed by atoms with Crippen molar-refractivity contribution in [3.05, 3.63) is 30.1 Å². The molecule has 1 aromatic carbocycles. The Morgan fingerprint density at radius 3 is 2.92 bits per heavy atom. The van der Waals surface area contributed by atoms with E-state index >= 15 is 0 Å². The first kappa shape index (κ1) is 15.3. The Morgan fingerprint density at radius 2 is 2.08 bits per heavy atom. The molecule has 9 heteroatoms. The van der Waals surface area contributed by atoms with Crippen LogP contribution in [0.15, 0.2) is 24.5 Å². The summed E-state index contributed by atoms with van der Waals surface area (Å²) in [4.78, 5) is 24.1. The molecule has 128 valence electrons. The highest BCUT2D eigenvalue weighted by molar-refractivity contribution is 6.11. The minimum atomic E-state index is -0.286. The van der Waals surface area contributed by atoms with Crippen LogP contribution < -0.4 is 15.4 Å². The number of carbonyl (C=O) groups is 1. The first-order valence-electron chi connectivity index (χ1n) is 8.07. The van der Waals surface area contributed by atoms with Gasteiger partial charge in [-0.3, -0.25) is 4.79 Å². The topological polar surface area (TPSA) is 112 Å². The van der Waals surface area contributed by atoms with Crippen LogP contribution in [0.3, 0.4) is 0 Å². The predicted molar refractivity (Wildman–Crippen MR) is 91.4 cm³/mol. The summed E-state index contributed by atoms with van der Waals surface area (Å²) in [5, 5.41) is 8.87. The number of anilines is 2. The summed E-state index contributed by atoms with van der Waals surface area (Å²) in [5.41, 5.74) is 8.29. The summed E-state index contributed by atoms with van der Waals surface area (Å²) in [5.74, 6) is 0.0396. The molecule has 0 spiro atoms. The largest absolute Gasteiger partial charge is 0.475 e. The third kappa shape index (κ3) is 2.63. The highest BCUT2D eigenvalue weighted by Crippen LogP contribution is 2.28. The molecule has 3 heterocycles. The molecule has 1 aliphatic rings. The zero-order valence-electron chi connectivity index (χ0n) is 13.7. The molecule has 3 aromatic rings. The molecule has 4 rings (SSSR count). The van der Waals surface area contributed by atoms with Gasteiger partial charge in [0.2, 0.25) is 5.88 Å². The molecule has 0 atom stereocenters. The van der Waals surface area contributed by atoms with Crippen molar-refractivity contribution in [2.45, 2.75) is 19.9 Å². The number of nitrogens with two attached hydrogens (primary N) is 1. The van der Waals surface area contributed by atoms with E-state index < -0.39 is 0 Å². The minimum absolute atomic E-state index is 0.108. The van der Waals surface area contributed by atoms with Crippen LogP contribution in [0.2, 0.25) is 0 Å². The Hall–Kier alpha value is -3.23. The molecule has 9 nitrogen and oxygen atoms in total. The standard InChI is InChI=1S/C16H17N7O2/c1-2-5-23-20-11-4-3-10(8-12(11)21-23)22-6-7-25-15-13(16(22)24)14(17)18-9-19-15/h3-4,8-9H,2,5-7H2,1H3,(H2,17,18,19). The van der Waals surface area contributed by atoms with Crippen LogP contribution in [0, 0.1) is 0 Å². The van der Waals surface area contributed by atoms with Gasteiger partial charge in [-0.2, -0.15) is 15.0 Å². The molecule has 2 aromatic heterocycles. The molecule has 0 radical (unpaired) electrons. The van der Waals surface area contributed by atoms with Gasteiger partial charge < -0.3 is 15.4 Å². The van der Waals surface area contributed by atoms with Gasteiger partial charge in [-0.25, -0.2) is 9.97 Å². The Morgan fingerprint density at radius 1 is 1.24 bits per heavy atom. The summed E-state index contributed by atoms with van der Waals surface area (Å²) in [7, 11) is 0. The normalized spacial score (nSPS) is 14.3. The number of nitrogens with zero attached hydrogens (tertiary/aromatic N) is 6. The fourth-order valence-electron chi connectivity index (χ4n) is 2.82. The monoisotopic (exact) mass is 339 g/mol. The number of hydrogen-bond acceptors (Lipinski definition) is 7. The number of benzene rings is 1. The molecular formula is C16H17N7O2. The number of amides is 1. The molecule has 0 bridgehead atoms. The first-order chi connectivity index (χ1) is 12.2. The number of aromatic nitrogens is 5. The average Bonchev–Trinajstić information content (AvgIpc) is 2.91. The highest BCUT2D eigenvalue weighted by atomic mass is 16.5. The van der Waals surface area contributed by atoms with Crippen LogP contribution in [0.4, 0.5) is 11.5 Å². The van der Waals surface area contributed by atoms with Crippen LogP contribution in [-0.2, 0) is 6.54 Å². The van der Waals surface area contributed by atoms with E-state index in [9.17, 15) is 4.79 Å². The van der Waals surface area contributed by atoms with Crippen LogP contribution in [0.5, 0.6) is 5.88 Å². The molecule has 0 aliphatic carbocycles. The Bertz CT molecular complexity index is 953. The smallest absolute Gasteiger partial charge is 0.267 e. The van der Waals surface area contributed by atoms with Crippen molar-refractivity contribution >= 4 is 28.4 Å². The van der Waals surface area contributed by atoms with Gasteiger partial charge in [-0.05, 0) is 24.6 Å². The SMILES string of the molecule is CCCn1nc2ccc(N3CCOc4ncnc(N)c4C3=O)cc2n1. The summed E-state index contributed by atoms with van der Waals surface area (Å²) in [6, 6.07) is 5.54. The van der Waals surface area contributed by atoms with Gasteiger partial charge >= 0.3 is 0 Å². The maximum absolute atomic E-state index is 12.9. The fraction of sp³-hybridized carbons (Fsp3) is 0.312. The molecule has 0 fully saturated rings. The van der Waals surface area contributed by atoms with Crippen LogP contribution in [0.25, 0.3) is 11.0 Å². The van der Waals surface area contributed by atoms with Gasteiger partial charge in [-0.15, -0.1) is 0 Å². The first-order valence-corrected chi connectivity index (χ1v) is 8.07. The zero-order chi connectivity index (χ0) is 17.4. The van der Waals surface area contributed by atoms with E-state index in [0.29, 0.717) is 18.8 Å².